The van der Waals surface area contributed by atoms with Crippen LogP contribution in [0.4, 0.5) is 0 Å². The van der Waals surface area contributed by atoms with Crippen molar-refractivity contribution in [3.05, 3.63) is 36.3 Å². The summed E-state index contributed by atoms with van der Waals surface area (Å²) in [7, 11) is 0. The third-order valence-corrected chi connectivity index (χ3v) is 4.96. The van der Waals surface area contributed by atoms with Gasteiger partial charge < -0.3 is 9.47 Å². The molecule has 1 unspecified atom stereocenters. The highest BCUT2D eigenvalue weighted by Gasteiger charge is 2.31. The molecule has 28 heavy (non-hydrogen) atoms. The largest absolute Gasteiger partial charge is 0.434 e. The fourth-order valence-corrected chi connectivity index (χ4v) is 3.24. The van der Waals surface area contributed by atoms with Gasteiger partial charge >= 0.3 is 11.9 Å². The molecule has 4 nitrogen and oxygen atoms in total. The smallest absolute Gasteiger partial charge is 0.339 e. The number of rotatable bonds is 14. The zero-order valence-corrected chi connectivity index (χ0v) is 17.8. The second-order valence-corrected chi connectivity index (χ2v) is 7.43. The summed E-state index contributed by atoms with van der Waals surface area (Å²) in [4.78, 5) is 24.7. The van der Waals surface area contributed by atoms with Crippen molar-refractivity contribution in [3.8, 4) is 0 Å². The Labute approximate surface area is 171 Å². The van der Waals surface area contributed by atoms with Crippen LogP contribution in [-0.2, 0) is 19.1 Å². The van der Waals surface area contributed by atoms with Crippen LogP contribution in [0.2, 0.25) is 0 Å². The fraction of sp³-hybridized carbons (Fsp3) is 0.667. The molecule has 0 aliphatic heterocycles. The molecule has 0 radical (unpaired) electrons. The zero-order valence-electron chi connectivity index (χ0n) is 17.8. The molecule has 0 aromatic rings. The Morgan fingerprint density at radius 3 is 2.14 bits per heavy atom. The van der Waals surface area contributed by atoms with Gasteiger partial charge in [-0.15, -0.1) is 0 Å². The molecular weight excluding hydrogens is 352 g/mol. The lowest BCUT2D eigenvalue weighted by Gasteiger charge is -2.20. The summed E-state index contributed by atoms with van der Waals surface area (Å²) in [6.45, 7) is 4.36. The monoisotopic (exact) mass is 390 g/mol. The van der Waals surface area contributed by atoms with Crippen molar-refractivity contribution < 1.29 is 19.1 Å². The Kier molecular flexibility index (Phi) is 14.0. The Bertz CT molecular complexity index is 531. The van der Waals surface area contributed by atoms with Gasteiger partial charge in [-0.1, -0.05) is 58.4 Å². The van der Waals surface area contributed by atoms with Crippen molar-refractivity contribution in [2.24, 2.45) is 5.92 Å². The summed E-state index contributed by atoms with van der Waals surface area (Å²) >= 11 is 0. The molecule has 0 amide bonds. The van der Waals surface area contributed by atoms with Crippen LogP contribution in [0.15, 0.2) is 36.3 Å². The molecule has 0 bridgehead atoms. The van der Waals surface area contributed by atoms with Crippen LogP contribution in [0, 0.1) is 5.92 Å². The molecule has 1 rings (SSSR count). The van der Waals surface area contributed by atoms with E-state index >= 15 is 0 Å². The summed E-state index contributed by atoms with van der Waals surface area (Å²) in [5.41, 5.74) is 0.434. The maximum Gasteiger partial charge on any atom is 0.339 e. The topological polar surface area (TPSA) is 52.6 Å². The van der Waals surface area contributed by atoms with Crippen molar-refractivity contribution in [3.63, 3.8) is 0 Å². The molecule has 158 valence electrons. The van der Waals surface area contributed by atoms with E-state index in [1.54, 1.807) is 0 Å². The van der Waals surface area contributed by atoms with Gasteiger partial charge in [0, 0.05) is 5.57 Å². The van der Waals surface area contributed by atoms with Gasteiger partial charge in [-0.2, -0.15) is 0 Å². The maximum atomic E-state index is 12.4. The molecule has 1 aliphatic carbocycles. The summed E-state index contributed by atoms with van der Waals surface area (Å²) in [6.07, 6.45) is 22.1. The van der Waals surface area contributed by atoms with E-state index in [1.807, 2.05) is 18.2 Å². The number of ether oxygens (including phenoxy) is 2. The molecule has 0 aromatic heterocycles. The lowest BCUT2D eigenvalue weighted by atomic mass is 9.88. The number of allylic oxidation sites excluding steroid dienone is 3. The third-order valence-electron chi connectivity index (χ3n) is 4.96. The molecule has 4 heteroatoms. The predicted molar refractivity (Wildman–Crippen MR) is 113 cm³/mol. The summed E-state index contributed by atoms with van der Waals surface area (Å²) in [6, 6.07) is 0. The van der Waals surface area contributed by atoms with E-state index in [1.165, 1.54) is 51.0 Å². The molecule has 0 heterocycles. The van der Waals surface area contributed by atoms with Crippen molar-refractivity contribution in [1.29, 1.82) is 0 Å². The second kappa shape index (κ2) is 16.1. The minimum Gasteiger partial charge on any atom is -0.434 e. The first-order chi connectivity index (χ1) is 13.7. The van der Waals surface area contributed by atoms with Crippen LogP contribution in [0.5, 0.6) is 0 Å². The minimum atomic E-state index is -0.524. The molecule has 0 fully saturated rings. The van der Waals surface area contributed by atoms with Gasteiger partial charge in [0.05, 0.1) is 18.4 Å². The van der Waals surface area contributed by atoms with Crippen LogP contribution >= 0.6 is 0 Å². The Morgan fingerprint density at radius 2 is 1.54 bits per heavy atom. The normalized spacial score (nSPS) is 17.1. The second-order valence-electron chi connectivity index (χ2n) is 7.43. The van der Waals surface area contributed by atoms with Gasteiger partial charge in [0.1, 0.15) is 0 Å². The quantitative estimate of drug-likeness (QED) is 0.187. The standard InChI is InChI=1S/C24H38O4/c1-3-5-7-9-11-15-19-27-23(25)21-17-13-14-18-22(21)24(26)28-20-16-12-10-8-6-4-2/h15-17,19-20,22H,3-14,18H2,1-2H3/b19-15+,20-16+. The summed E-state index contributed by atoms with van der Waals surface area (Å²) < 4.78 is 10.5. The Hall–Kier alpha value is -1.84. The highest BCUT2D eigenvalue weighted by Crippen LogP contribution is 2.27. The Balaban J connectivity index is 2.39. The number of esters is 2. The van der Waals surface area contributed by atoms with Crippen LogP contribution < -0.4 is 0 Å². The van der Waals surface area contributed by atoms with Gasteiger partial charge in [0.25, 0.3) is 0 Å². The Morgan fingerprint density at radius 1 is 0.929 bits per heavy atom. The highest BCUT2D eigenvalue weighted by molar-refractivity contribution is 5.96. The molecule has 0 N–H and O–H groups in total. The van der Waals surface area contributed by atoms with Crippen LogP contribution in [0.1, 0.15) is 97.3 Å². The predicted octanol–water partition coefficient (Wildman–Crippen LogP) is 6.77. The average molecular weight is 391 g/mol. The van der Waals surface area contributed by atoms with E-state index in [0.717, 1.165) is 38.5 Å². The van der Waals surface area contributed by atoms with Gasteiger partial charge in [-0.25, -0.2) is 4.79 Å². The number of carbonyl (C=O) groups excluding carboxylic acids is 2. The van der Waals surface area contributed by atoms with E-state index < -0.39 is 11.9 Å². The van der Waals surface area contributed by atoms with Crippen molar-refractivity contribution in [2.45, 2.75) is 97.3 Å². The van der Waals surface area contributed by atoms with Crippen molar-refractivity contribution >= 4 is 11.9 Å². The average Bonchev–Trinajstić information content (AvgIpc) is 2.72. The summed E-state index contributed by atoms with van der Waals surface area (Å²) in [5.74, 6) is -1.32. The van der Waals surface area contributed by atoms with E-state index in [0.29, 0.717) is 12.0 Å². The van der Waals surface area contributed by atoms with Crippen LogP contribution in [0.25, 0.3) is 0 Å². The molecule has 1 aliphatic rings. The van der Waals surface area contributed by atoms with E-state index in [-0.39, 0.29) is 5.97 Å². The van der Waals surface area contributed by atoms with E-state index in [2.05, 4.69) is 13.8 Å². The van der Waals surface area contributed by atoms with Crippen molar-refractivity contribution in [2.75, 3.05) is 0 Å². The lowest BCUT2D eigenvalue weighted by molar-refractivity contribution is -0.145. The first-order valence-electron chi connectivity index (χ1n) is 11.1. The lowest BCUT2D eigenvalue weighted by Crippen LogP contribution is -2.25. The van der Waals surface area contributed by atoms with Crippen molar-refractivity contribution in [1.82, 2.24) is 0 Å². The highest BCUT2D eigenvalue weighted by atomic mass is 16.5. The van der Waals surface area contributed by atoms with Crippen LogP contribution in [-0.4, -0.2) is 11.9 Å². The number of hydrogen-bond acceptors (Lipinski definition) is 4. The van der Waals surface area contributed by atoms with E-state index in [4.69, 9.17) is 9.47 Å². The molecule has 0 spiro atoms. The maximum absolute atomic E-state index is 12.4. The number of carbonyl (C=O) groups is 2. The molecule has 0 saturated heterocycles. The first-order valence-corrected chi connectivity index (χ1v) is 11.1. The first kappa shape index (κ1) is 24.2. The van der Waals surface area contributed by atoms with E-state index in [9.17, 15) is 9.59 Å². The number of unbranched alkanes of at least 4 members (excludes halogenated alkanes) is 8. The third kappa shape index (κ3) is 10.5. The van der Waals surface area contributed by atoms with Gasteiger partial charge in [-0.3, -0.25) is 4.79 Å². The molecule has 0 saturated carbocycles. The zero-order chi connectivity index (χ0) is 20.5. The van der Waals surface area contributed by atoms with Gasteiger partial charge in [0.15, 0.2) is 0 Å². The molecule has 0 aromatic carbocycles. The molecule has 1 atom stereocenters. The molecular formula is C24H38O4. The van der Waals surface area contributed by atoms with Gasteiger partial charge in [-0.05, 0) is 57.1 Å². The SMILES string of the molecule is CCCCCC/C=C/OC(=O)C1=CCCCC1C(=O)O/C=C/CCCCCC. The summed E-state index contributed by atoms with van der Waals surface area (Å²) in [5, 5.41) is 0. The van der Waals surface area contributed by atoms with Gasteiger partial charge in [0.2, 0.25) is 0 Å². The number of hydrogen-bond donors (Lipinski definition) is 0. The minimum absolute atomic E-state index is 0.365. The van der Waals surface area contributed by atoms with Crippen LogP contribution in [0.3, 0.4) is 0 Å². The fourth-order valence-electron chi connectivity index (χ4n) is 3.24.